The molecule has 0 saturated carbocycles. The molecule has 3 unspecified atom stereocenters. The zero-order chi connectivity index (χ0) is 12.5. The Balaban J connectivity index is 1.72. The van der Waals surface area contributed by atoms with Crippen molar-refractivity contribution in [2.45, 2.75) is 51.2 Å². The lowest BCUT2D eigenvalue weighted by Crippen LogP contribution is -2.58. The minimum atomic E-state index is 0.402. The summed E-state index contributed by atoms with van der Waals surface area (Å²) >= 11 is 0. The fourth-order valence-electron chi connectivity index (χ4n) is 3.61. The van der Waals surface area contributed by atoms with E-state index in [1.165, 1.54) is 38.9 Å². The van der Waals surface area contributed by atoms with Crippen LogP contribution in [0.25, 0.3) is 0 Å². The van der Waals surface area contributed by atoms with Gasteiger partial charge in [-0.05, 0) is 45.4 Å². The van der Waals surface area contributed by atoms with Crippen molar-refractivity contribution in [3.63, 3.8) is 0 Å². The van der Waals surface area contributed by atoms with Gasteiger partial charge in [-0.15, -0.1) is 0 Å². The van der Waals surface area contributed by atoms with E-state index >= 15 is 0 Å². The first-order valence-electron chi connectivity index (χ1n) is 7.29. The lowest BCUT2D eigenvalue weighted by molar-refractivity contribution is -0.00883. The van der Waals surface area contributed by atoms with Crippen molar-refractivity contribution in [3.8, 4) is 0 Å². The summed E-state index contributed by atoms with van der Waals surface area (Å²) in [5, 5.41) is 0. The monoisotopic (exact) mass is 248 g/mol. The average molecular weight is 248 g/mol. The van der Waals surface area contributed by atoms with Gasteiger partial charge in [0.1, 0.15) is 5.76 Å². The molecule has 0 radical (unpaired) electrons. The Kier molecular flexibility index (Phi) is 3.44. The van der Waals surface area contributed by atoms with Crippen LogP contribution in [0.3, 0.4) is 0 Å². The summed E-state index contributed by atoms with van der Waals surface area (Å²) in [6.07, 6.45) is 5.94. The number of piperazine rings is 1. The zero-order valence-corrected chi connectivity index (χ0v) is 11.5. The molecule has 0 aliphatic carbocycles. The van der Waals surface area contributed by atoms with Crippen molar-refractivity contribution in [1.82, 2.24) is 9.80 Å². The van der Waals surface area contributed by atoms with E-state index in [2.05, 4.69) is 29.7 Å². The summed E-state index contributed by atoms with van der Waals surface area (Å²) in [5.41, 5.74) is 0. The summed E-state index contributed by atoms with van der Waals surface area (Å²) in [6, 6.07) is 5.89. The predicted molar refractivity (Wildman–Crippen MR) is 72.5 cm³/mol. The summed E-state index contributed by atoms with van der Waals surface area (Å²) in [7, 11) is 0. The predicted octanol–water partition coefficient (Wildman–Crippen LogP) is 2.90. The fourth-order valence-corrected chi connectivity index (χ4v) is 3.61. The highest BCUT2D eigenvalue weighted by atomic mass is 16.3. The molecule has 0 bridgehead atoms. The molecule has 3 rings (SSSR count). The maximum absolute atomic E-state index is 5.58. The maximum Gasteiger partial charge on any atom is 0.120 e. The molecule has 2 saturated heterocycles. The molecule has 100 valence electrons. The Morgan fingerprint density at radius 3 is 3.00 bits per heavy atom. The molecule has 1 aromatic rings. The first-order chi connectivity index (χ1) is 8.75. The molecule has 3 heterocycles. The number of hydrogen-bond acceptors (Lipinski definition) is 3. The van der Waals surface area contributed by atoms with Crippen molar-refractivity contribution >= 4 is 0 Å². The first-order valence-corrected chi connectivity index (χ1v) is 7.29. The van der Waals surface area contributed by atoms with Crippen molar-refractivity contribution in [2.75, 3.05) is 19.6 Å². The number of furan rings is 1. The van der Waals surface area contributed by atoms with Gasteiger partial charge in [0.05, 0.1) is 12.3 Å². The van der Waals surface area contributed by atoms with Crippen LogP contribution in [-0.4, -0.2) is 41.5 Å². The van der Waals surface area contributed by atoms with Crippen molar-refractivity contribution in [1.29, 1.82) is 0 Å². The van der Waals surface area contributed by atoms with E-state index in [9.17, 15) is 0 Å². The zero-order valence-electron chi connectivity index (χ0n) is 11.5. The Bertz CT molecular complexity index is 376. The van der Waals surface area contributed by atoms with Crippen LogP contribution in [0.4, 0.5) is 0 Å². The molecule has 3 nitrogen and oxygen atoms in total. The summed E-state index contributed by atoms with van der Waals surface area (Å²) in [6.45, 7) is 8.34. The van der Waals surface area contributed by atoms with Gasteiger partial charge < -0.3 is 4.42 Å². The van der Waals surface area contributed by atoms with E-state index in [4.69, 9.17) is 4.42 Å². The van der Waals surface area contributed by atoms with Crippen LogP contribution in [-0.2, 0) is 0 Å². The molecule has 2 aliphatic rings. The average Bonchev–Trinajstić information content (AvgIpc) is 2.91. The number of fused-ring (bicyclic) bond motifs is 1. The van der Waals surface area contributed by atoms with Gasteiger partial charge in [0.2, 0.25) is 0 Å². The van der Waals surface area contributed by atoms with Gasteiger partial charge in [0, 0.05) is 25.2 Å². The highest BCUT2D eigenvalue weighted by Gasteiger charge is 2.35. The van der Waals surface area contributed by atoms with Crippen LogP contribution >= 0.6 is 0 Å². The number of hydrogen-bond donors (Lipinski definition) is 0. The SMILES string of the molecule is CC1CN2CCCCC2CN1C(C)c1ccco1. The van der Waals surface area contributed by atoms with Crippen LogP contribution in [0.15, 0.2) is 22.8 Å². The van der Waals surface area contributed by atoms with Gasteiger partial charge in [-0.1, -0.05) is 6.42 Å². The van der Waals surface area contributed by atoms with Gasteiger partial charge in [-0.2, -0.15) is 0 Å². The number of nitrogens with zero attached hydrogens (tertiary/aromatic N) is 2. The third kappa shape index (κ3) is 2.21. The molecule has 1 aromatic heterocycles. The Hall–Kier alpha value is -0.800. The topological polar surface area (TPSA) is 19.6 Å². The quantitative estimate of drug-likeness (QED) is 0.802. The molecular weight excluding hydrogens is 224 g/mol. The third-order valence-corrected chi connectivity index (χ3v) is 4.69. The standard InChI is InChI=1S/C15H24N2O/c1-12-10-16-8-4-3-6-14(16)11-17(12)13(2)15-7-5-9-18-15/h5,7,9,12-14H,3-4,6,8,10-11H2,1-2H3. The van der Waals surface area contributed by atoms with Crippen LogP contribution < -0.4 is 0 Å². The lowest BCUT2D eigenvalue weighted by Gasteiger charge is -2.49. The van der Waals surface area contributed by atoms with Gasteiger partial charge in [0.15, 0.2) is 0 Å². The summed E-state index contributed by atoms with van der Waals surface area (Å²) in [5.74, 6) is 1.10. The van der Waals surface area contributed by atoms with E-state index in [0.29, 0.717) is 12.1 Å². The van der Waals surface area contributed by atoms with Gasteiger partial charge >= 0.3 is 0 Å². The van der Waals surface area contributed by atoms with E-state index in [0.717, 1.165) is 11.8 Å². The van der Waals surface area contributed by atoms with Crippen molar-refractivity contribution < 1.29 is 4.42 Å². The Morgan fingerprint density at radius 2 is 2.22 bits per heavy atom. The second-order valence-electron chi connectivity index (χ2n) is 5.88. The first kappa shape index (κ1) is 12.2. The maximum atomic E-state index is 5.58. The normalized spacial score (nSPS) is 32.1. The van der Waals surface area contributed by atoms with Gasteiger partial charge in [-0.25, -0.2) is 0 Å². The van der Waals surface area contributed by atoms with Gasteiger partial charge in [0.25, 0.3) is 0 Å². The smallest absolute Gasteiger partial charge is 0.120 e. The highest BCUT2D eigenvalue weighted by Crippen LogP contribution is 2.30. The third-order valence-electron chi connectivity index (χ3n) is 4.69. The lowest BCUT2D eigenvalue weighted by atomic mass is 9.96. The molecule has 0 spiro atoms. The second-order valence-corrected chi connectivity index (χ2v) is 5.88. The van der Waals surface area contributed by atoms with Crippen LogP contribution in [0.1, 0.15) is 44.9 Å². The minimum Gasteiger partial charge on any atom is -0.468 e. The Labute approximate surface area is 110 Å². The minimum absolute atomic E-state index is 0.402. The fraction of sp³-hybridized carbons (Fsp3) is 0.733. The highest BCUT2D eigenvalue weighted by molar-refractivity contribution is 5.05. The number of rotatable bonds is 2. The second kappa shape index (κ2) is 5.06. The molecule has 0 N–H and O–H groups in total. The van der Waals surface area contributed by atoms with E-state index in [1.54, 1.807) is 6.26 Å². The van der Waals surface area contributed by atoms with Crippen molar-refractivity contribution in [3.05, 3.63) is 24.2 Å². The summed E-state index contributed by atoms with van der Waals surface area (Å²) < 4.78 is 5.58. The van der Waals surface area contributed by atoms with Crippen LogP contribution in [0.2, 0.25) is 0 Å². The number of piperidine rings is 1. The largest absolute Gasteiger partial charge is 0.468 e. The van der Waals surface area contributed by atoms with Crippen LogP contribution in [0.5, 0.6) is 0 Å². The van der Waals surface area contributed by atoms with Gasteiger partial charge in [-0.3, -0.25) is 9.80 Å². The molecule has 18 heavy (non-hydrogen) atoms. The van der Waals surface area contributed by atoms with E-state index < -0.39 is 0 Å². The molecule has 3 heteroatoms. The summed E-state index contributed by atoms with van der Waals surface area (Å²) in [4.78, 5) is 5.31. The van der Waals surface area contributed by atoms with E-state index in [1.807, 2.05) is 6.07 Å². The molecule has 2 aliphatic heterocycles. The van der Waals surface area contributed by atoms with Crippen molar-refractivity contribution in [2.24, 2.45) is 0 Å². The molecule has 3 atom stereocenters. The molecule has 0 amide bonds. The Morgan fingerprint density at radius 1 is 1.33 bits per heavy atom. The molecule has 2 fully saturated rings. The molecular formula is C15H24N2O. The van der Waals surface area contributed by atoms with Crippen LogP contribution in [0, 0.1) is 0 Å². The van der Waals surface area contributed by atoms with E-state index in [-0.39, 0.29) is 0 Å². The molecule has 0 aromatic carbocycles.